The van der Waals surface area contributed by atoms with Crippen molar-refractivity contribution in [3.8, 4) is 0 Å². The molecular weight excluding hydrogens is 403 g/mol. The molecule has 0 radical (unpaired) electrons. The van der Waals surface area contributed by atoms with Crippen LogP contribution in [0.25, 0.3) is 10.9 Å². The SMILES string of the molecule is CCOC[C@@H]1CN(c2c(F)cc3c(=O)c(C(=O)O)cn(C4CC4)c3c2C)CC[C@@H]1CO. The molecule has 0 bridgehead atoms. The highest BCUT2D eigenvalue weighted by atomic mass is 19.1. The van der Waals surface area contributed by atoms with Crippen molar-refractivity contribution in [2.45, 2.75) is 39.2 Å². The quantitative estimate of drug-likeness (QED) is 0.699. The summed E-state index contributed by atoms with van der Waals surface area (Å²) in [5.41, 5.74) is 0.725. The second kappa shape index (κ2) is 8.59. The van der Waals surface area contributed by atoms with E-state index in [0.29, 0.717) is 43.1 Å². The number of carboxylic acid groups (broad SMARTS) is 1. The van der Waals surface area contributed by atoms with E-state index in [2.05, 4.69) is 0 Å². The molecule has 0 amide bonds. The van der Waals surface area contributed by atoms with Gasteiger partial charge in [-0.05, 0) is 50.7 Å². The second-order valence-electron chi connectivity index (χ2n) is 8.64. The third-order valence-corrected chi connectivity index (χ3v) is 6.63. The molecule has 1 saturated heterocycles. The van der Waals surface area contributed by atoms with Crippen molar-refractivity contribution >= 4 is 22.6 Å². The number of pyridine rings is 1. The van der Waals surface area contributed by atoms with Gasteiger partial charge < -0.3 is 24.4 Å². The number of nitrogens with zero attached hydrogens (tertiary/aromatic N) is 2. The summed E-state index contributed by atoms with van der Waals surface area (Å²) in [5, 5.41) is 19.3. The Morgan fingerprint density at radius 2 is 2.03 bits per heavy atom. The van der Waals surface area contributed by atoms with Crippen LogP contribution < -0.4 is 10.3 Å². The van der Waals surface area contributed by atoms with Crippen LogP contribution in [0.15, 0.2) is 17.1 Å². The highest BCUT2D eigenvalue weighted by Gasteiger charge is 2.33. The summed E-state index contributed by atoms with van der Waals surface area (Å²) in [6.45, 7) is 6.02. The Kier molecular flexibility index (Phi) is 6.03. The van der Waals surface area contributed by atoms with Gasteiger partial charge in [-0.3, -0.25) is 4.79 Å². The van der Waals surface area contributed by atoms with Gasteiger partial charge in [-0.15, -0.1) is 0 Å². The zero-order valence-electron chi connectivity index (χ0n) is 17.9. The summed E-state index contributed by atoms with van der Waals surface area (Å²) in [5.74, 6) is -1.64. The fourth-order valence-corrected chi connectivity index (χ4v) is 4.83. The van der Waals surface area contributed by atoms with Crippen LogP contribution in [0.5, 0.6) is 0 Å². The number of hydrogen-bond donors (Lipinski definition) is 2. The lowest BCUT2D eigenvalue weighted by Gasteiger charge is -2.40. The van der Waals surface area contributed by atoms with Crippen molar-refractivity contribution in [2.24, 2.45) is 11.8 Å². The fraction of sp³-hybridized carbons (Fsp3) is 0.565. The zero-order valence-corrected chi connectivity index (χ0v) is 17.9. The number of aromatic nitrogens is 1. The minimum absolute atomic E-state index is 0.0734. The molecule has 2 N–H and O–H groups in total. The van der Waals surface area contributed by atoms with Crippen molar-refractivity contribution in [3.63, 3.8) is 0 Å². The van der Waals surface area contributed by atoms with Gasteiger partial charge in [-0.1, -0.05) is 0 Å². The molecule has 1 aromatic heterocycles. The molecule has 2 aromatic rings. The van der Waals surface area contributed by atoms with Gasteiger partial charge in [0.25, 0.3) is 0 Å². The van der Waals surface area contributed by atoms with Crippen LogP contribution in [0.1, 0.15) is 48.1 Å². The van der Waals surface area contributed by atoms with Crippen molar-refractivity contribution in [1.82, 2.24) is 4.57 Å². The van der Waals surface area contributed by atoms with Gasteiger partial charge in [0.1, 0.15) is 11.4 Å². The number of aryl methyl sites for hydroxylation is 1. The maximum absolute atomic E-state index is 15.4. The molecule has 4 rings (SSSR count). The molecule has 1 saturated carbocycles. The number of benzene rings is 1. The summed E-state index contributed by atoms with van der Waals surface area (Å²) in [6, 6.07) is 1.32. The lowest BCUT2D eigenvalue weighted by Crippen LogP contribution is -2.44. The Hall–Kier alpha value is -2.45. The fourth-order valence-electron chi connectivity index (χ4n) is 4.83. The number of anilines is 1. The minimum atomic E-state index is -1.30. The average Bonchev–Trinajstić information content (AvgIpc) is 3.58. The predicted molar refractivity (Wildman–Crippen MR) is 116 cm³/mol. The number of hydrogen-bond acceptors (Lipinski definition) is 5. The molecule has 1 aliphatic heterocycles. The number of aliphatic hydroxyl groups is 1. The number of fused-ring (bicyclic) bond motifs is 1. The van der Waals surface area contributed by atoms with E-state index >= 15 is 4.39 Å². The summed E-state index contributed by atoms with van der Waals surface area (Å²) >= 11 is 0. The maximum atomic E-state index is 15.4. The molecule has 2 heterocycles. The minimum Gasteiger partial charge on any atom is -0.477 e. The summed E-state index contributed by atoms with van der Waals surface area (Å²) < 4.78 is 22.8. The lowest BCUT2D eigenvalue weighted by atomic mass is 9.86. The van der Waals surface area contributed by atoms with Crippen molar-refractivity contribution in [2.75, 3.05) is 37.8 Å². The number of carbonyl (C=O) groups is 1. The Morgan fingerprint density at radius 3 is 2.65 bits per heavy atom. The highest BCUT2D eigenvalue weighted by Crippen LogP contribution is 2.40. The van der Waals surface area contributed by atoms with E-state index in [9.17, 15) is 19.8 Å². The molecule has 1 aliphatic carbocycles. The largest absolute Gasteiger partial charge is 0.477 e. The number of ether oxygens (including phenoxy) is 1. The Balaban J connectivity index is 1.82. The van der Waals surface area contributed by atoms with Crippen LogP contribution in [0, 0.1) is 24.6 Å². The molecule has 2 aliphatic rings. The Labute approximate surface area is 180 Å². The first-order valence-electron chi connectivity index (χ1n) is 10.9. The van der Waals surface area contributed by atoms with E-state index < -0.39 is 17.2 Å². The van der Waals surface area contributed by atoms with Gasteiger partial charge in [0, 0.05) is 49.8 Å². The monoisotopic (exact) mass is 432 g/mol. The predicted octanol–water partition coefficient (Wildman–Crippen LogP) is 2.95. The summed E-state index contributed by atoms with van der Waals surface area (Å²) in [4.78, 5) is 26.3. The second-order valence-corrected chi connectivity index (χ2v) is 8.64. The number of aliphatic hydroxyl groups excluding tert-OH is 1. The first-order valence-corrected chi connectivity index (χ1v) is 10.9. The van der Waals surface area contributed by atoms with Crippen molar-refractivity contribution in [1.29, 1.82) is 0 Å². The zero-order chi connectivity index (χ0) is 22.3. The van der Waals surface area contributed by atoms with Gasteiger partial charge in [0.15, 0.2) is 0 Å². The average molecular weight is 432 g/mol. The van der Waals surface area contributed by atoms with Gasteiger partial charge >= 0.3 is 5.97 Å². The molecule has 2 fully saturated rings. The van der Waals surface area contributed by atoms with Crippen LogP contribution in [0.2, 0.25) is 0 Å². The van der Waals surface area contributed by atoms with Crippen LogP contribution in [-0.2, 0) is 4.74 Å². The third-order valence-electron chi connectivity index (χ3n) is 6.63. The van der Waals surface area contributed by atoms with Crippen molar-refractivity contribution in [3.05, 3.63) is 39.4 Å². The summed E-state index contributed by atoms with van der Waals surface area (Å²) in [7, 11) is 0. The molecule has 8 heteroatoms. The van der Waals surface area contributed by atoms with E-state index in [1.54, 1.807) is 6.92 Å². The Morgan fingerprint density at radius 1 is 1.29 bits per heavy atom. The first kappa shape index (κ1) is 21.8. The number of piperidine rings is 1. The number of carboxylic acids is 1. The van der Waals surface area contributed by atoms with Crippen LogP contribution in [-0.4, -0.2) is 53.7 Å². The van der Waals surface area contributed by atoms with E-state index in [1.807, 2.05) is 16.4 Å². The molecular formula is C23H29FN2O5. The van der Waals surface area contributed by atoms with Crippen LogP contribution in [0.4, 0.5) is 10.1 Å². The van der Waals surface area contributed by atoms with Gasteiger partial charge in [0.05, 0.1) is 17.8 Å². The maximum Gasteiger partial charge on any atom is 0.341 e. The number of rotatable bonds is 7. The third kappa shape index (κ3) is 3.94. The topological polar surface area (TPSA) is 92.0 Å². The normalized spacial score (nSPS) is 21.6. The van der Waals surface area contributed by atoms with Gasteiger partial charge in [-0.2, -0.15) is 0 Å². The van der Waals surface area contributed by atoms with Gasteiger partial charge in [-0.25, -0.2) is 9.18 Å². The van der Waals surface area contributed by atoms with E-state index in [-0.39, 0.29) is 35.4 Å². The lowest BCUT2D eigenvalue weighted by molar-refractivity contribution is 0.0567. The standard InChI is InChI=1S/C23H29FN2O5/c1-3-31-12-15-9-25(7-6-14(15)11-27)21-13(2)20-17(8-19(21)24)22(28)18(23(29)30)10-26(20)16-4-5-16/h8,10,14-16,27H,3-7,9,11-12H2,1-2H3,(H,29,30)/t14-,15+/m1/s1. The van der Waals surface area contributed by atoms with E-state index in [0.717, 1.165) is 19.3 Å². The Bertz CT molecular complexity index is 1060. The van der Waals surface area contributed by atoms with E-state index in [1.165, 1.54) is 12.3 Å². The molecule has 0 unspecified atom stereocenters. The first-order chi connectivity index (χ1) is 14.9. The molecule has 2 atom stereocenters. The van der Waals surface area contributed by atoms with Crippen LogP contribution >= 0.6 is 0 Å². The molecule has 168 valence electrons. The molecule has 7 nitrogen and oxygen atoms in total. The number of halogens is 1. The molecule has 1 aromatic carbocycles. The van der Waals surface area contributed by atoms with Crippen LogP contribution in [0.3, 0.4) is 0 Å². The molecule has 0 spiro atoms. The highest BCUT2D eigenvalue weighted by molar-refractivity contribution is 5.95. The van der Waals surface area contributed by atoms with E-state index in [4.69, 9.17) is 4.74 Å². The smallest absolute Gasteiger partial charge is 0.341 e. The number of aromatic carboxylic acids is 1. The summed E-state index contributed by atoms with van der Waals surface area (Å²) in [6.07, 6.45) is 3.94. The van der Waals surface area contributed by atoms with Crippen molar-refractivity contribution < 1.29 is 24.1 Å². The molecule has 31 heavy (non-hydrogen) atoms. The van der Waals surface area contributed by atoms with Gasteiger partial charge in [0.2, 0.25) is 5.43 Å².